The van der Waals surface area contributed by atoms with Crippen molar-refractivity contribution in [2.45, 2.75) is 40.0 Å². The molecule has 0 radical (unpaired) electrons. The van der Waals surface area contributed by atoms with Crippen molar-refractivity contribution in [2.75, 3.05) is 6.54 Å². The van der Waals surface area contributed by atoms with Gasteiger partial charge in [0.15, 0.2) is 5.11 Å². The number of aryl methyl sites for hydroxylation is 1. The van der Waals surface area contributed by atoms with Crippen molar-refractivity contribution < 1.29 is 0 Å². The lowest BCUT2D eigenvalue weighted by atomic mass is 9.98. The summed E-state index contributed by atoms with van der Waals surface area (Å²) in [5.74, 6) is 1.53. The van der Waals surface area contributed by atoms with E-state index in [4.69, 9.17) is 12.2 Å². The Labute approximate surface area is 108 Å². The van der Waals surface area contributed by atoms with Crippen LogP contribution in [0.5, 0.6) is 0 Å². The van der Waals surface area contributed by atoms with Crippen LogP contribution in [-0.2, 0) is 6.42 Å². The average molecular weight is 249 g/mol. The molecule has 2 atom stereocenters. The molecule has 1 N–H and O–H groups in total. The van der Waals surface area contributed by atoms with Crippen molar-refractivity contribution in [3.05, 3.63) is 17.0 Å². The maximum atomic E-state index is 5.37. The summed E-state index contributed by atoms with van der Waals surface area (Å²) in [5, 5.41) is 8.54. The van der Waals surface area contributed by atoms with Crippen LogP contribution in [0.25, 0.3) is 0 Å². The van der Waals surface area contributed by atoms with Gasteiger partial charge < -0.3 is 5.32 Å². The summed E-state index contributed by atoms with van der Waals surface area (Å²) in [6.07, 6.45) is 1.14. The molecular weight excluding hydrogens is 230 g/mol. The van der Waals surface area contributed by atoms with E-state index >= 15 is 0 Å². The Morgan fingerprint density at radius 2 is 2.29 bits per heavy atom. The van der Waals surface area contributed by atoms with Crippen molar-refractivity contribution in [1.29, 1.82) is 0 Å². The summed E-state index contributed by atoms with van der Waals surface area (Å²) >= 11 is 5.37. The molecule has 1 aromatic rings. The van der Waals surface area contributed by atoms with Crippen LogP contribution in [0.3, 0.4) is 0 Å². The molecule has 0 amide bonds. The first-order valence-corrected chi connectivity index (χ1v) is 6.76. The molecular formula is C13H19N3S. The number of rotatable bonds is 1. The molecule has 0 aromatic carbocycles. The van der Waals surface area contributed by atoms with Crippen molar-refractivity contribution in [1.82, 2.24) is 15.1 Å². The standard InChI is InChI=1S/C13H19N3S/c1-5-14-12(17)16-9-6-8-11(13(8,3)4)10(9)7(2)15-16/h8,11H,5-6H2,1-4H3,(H,14,17)/t8-,11+/m1/s1. The summed E-state index contributed by atoms with van der Waals surface area (Å²) in [7, 11) is 0. The average Bonchev–Trinajstić information content (AvgIpc) is 2.66. The molecule has 0 spiro atoms. The zero-order chi connectivity index (χ0) is 12.4. The second kappa shape index (κ2) is 3.31. The Bertz CT molecular complexity index is 501. The van der Waals surface area contributed by atoms with E-state index in [-0.39, 0.29) is 0 Å². The van der Waals surface area contributed by atoms with Gasteiger partial charge in [-0.2, -0.15) is 5.10 Å². The van der Waals surface area contributed by atoms with Gasteiger partial charge in [0.1, 0.15) is 0 Å². The van der Waals surface area contributed by atoms with Gasteiger partial charge in [-0.15, -0.1) is 0 Å². The molecule has 92 valence electrons. The topological polar surface area (TPSA) is 29.9 Å². The van der Waals surface area contributed by atoms with E-state index in [0.29, 0.717) is 5.41 Å². The first-order chi connectivity index (χ1) is 7.98. The number of nitrogens with one attached hydrogen (secondary N) is 1. The predicted octanol–water partition coefficient (Wildman–Crippen LogP) is 2.23. The first kappa shape index (κ1) is 11.2. The lowest BCUT2D eigenvalue weighted by Crippen LogP contribution is -2.30. The highest BCUT2D eigenvalue weighted by Gasteiger charge is 2.63. The van der Waals surface area contributed by atoms with Crippen LogP contribution < -0.4 is 5.32 Å². The van der Waals surface area contributed by atoms with Gasteiger partial charge in [-0.25, -0.2) is 4.68 Å². The second-order valence-electron chi connectivity index (χ2n) is 5.80. The quantitative estimate of drug-likeness (QED) is 0.774. The minimum Gasteiger partial charge on any atom is -0.361 e. The third kappa shape index (κ3) is 1.33. The summed E-state index contributed by atoms with van der Waals surface area (Å²) in [6.45, 7) is 9.75. The smallest absolute Gasteiger partial charge is 0.194 e. The highest BCUT2D eigenvalue weighted by Crippen LogP contribution is 2.70. The van der Waals surface area contributed by atoms with Crippen LogP contribution in [0.15, 0.2) is 0 Å². The summed E-state index contributed by atoms with van der Waals surface area (Å²) in [5.41, 5.74) is 4.46. The molecule has 2 aliphatic carbocycles. The molecule has 2 aliphatic rings. The number of fused-ring (bicyclic) bond motifs is 3. The van der Waals surface area contributed by atoms with E-state index in [2.05, 4.69) is 38.1 Å². The molecule has 3 rings (SSSR count). The maximum absolute atomic E-state index is 5.37. The van der Waals surface area contributed by atoms with E-state index in [1.54, 1.807) is 0 Å². The van der Waals surface area contributed by atoms with Gasteiger partial charge >= 0.3 is 0 Å². The number of hydrogen-bond donors (Lipinski definition) is 1. The van der Waals surface area contributed by atoms with Crippen LogP contribution in [0, 0.1) is 18.3 Å². The lowest BCUT2D eigenvalue weighted by molar-refractivity contribution is 0.534. The monoisotopic (exact) mass is 249 g/mol. The Hall–Kier alpha value is -0.900. The molecule has 0 saturated heterocycles. The third-order valence-corrected chi connectivity index (χ3v) is 4.82. The van der Waals surface area contributed by atoms with E-state index in [1.807, 2.05) is 4.68 Å². The van der Waals surface area contributed by atoms with Gasteiger partial charge in [-0.1, -0.05) is 13.8 Å². The van der Waals surface area contributed by atoms with Crippen LogP contribution in [0.1, 0.15) is 43.6 Å². The first-order valence-electron chi connectivity index (χ1n) is 6.35. The highest BCUT2D eigenvalue weighted by molar-refractivity contribution is 7.80. The van der Waals surface area contributed by atoms with Crippen LogP contribution in [0.4, 0.5) is 0 Å². The Balaban J connectivity index is 2.00. The van der Waals surface area contributed by atoms with Gasteiger partial charge in [-0.3, -0.25) is 0 Å². The van der Waals surface area contributed by atoms with E-state index in [1.165, 1.54) is 17.0 Å². The summed E-state index contributed by atoms with van der Waals surface area (Å²) < 4.78 is 1.95. The Kier molecular flexibility index (Phi) is 2.18. The summed E-state index contributed by atoms with van der Waals surface area (Å²) in [6, 6.07) is 0. The largest absolute Gasteiger partial charge is 0.361 e. The van der Waals surface area contributed by atoms with Crippen molar-refractivity contribution in [2.24, 2.45) is 11.3 Å². The molecule has 1 heterocycles. The molecule has 1 aromatic heterocycles. The molecule has 3 nitrogen and oxygen atoms in total. The predicted molar refractivity (Wildman–Crippen MR) is 72.4 cm³/mol. The van der Waals surface area contributed by atoms with E-state index in [9.17, 15) is 0 Å². The number of aromatic nitrogens is 2. The fourth-order valence-corrected chi connectivity index (χ4v) is 3.78. The zero-order valence-electron chi connectivity index (χ0n) is 10.9. The van der Waals surface area contributed by atoms with Gasteiger partial charge in [-0.05, 0) is 49.7 Å². The molecule has 4 heteroatoms. The van der Waals surface area contributed by atoms with E-state index < -0.39 is 0 Å². The number of hydrogen-bond acceptors (Lipinski definition) is 2. The minimum atomic E-state index is 0.478. The molecule has 0 unspecified atom stereocenters. The molecule has 0 aliphatic heterocycles. The zero-order valence-corrected chi connectivity index (χ0v) is 11.7. The fraction of sp³-hybridized carbons (Fsp3) is 0.692. The SMILES string of the molecule is CCNC(=S)n1nc(C)c2c1C[C@@H]1[C@@H]2C1(C)C. The normalized spacial score (nSPS) is 27.5. The third-order valence-electron chi connectivity index (χ3n) is 4.50. The van der Waals surface area contributed by atoms with Crippen LogP contribution >= 0.6 is 12.2 Å². The Morgan fingerprint density at radius 3 is 2.94 bits per heavy atom. The molecule has 1 saturated carbocycles. The van der Waals surface area contributed by atoms with Crippen molar-refractivity contribution >= 4 is 17.3 Å². The number of thiocarbonyl (C=S) groups is 1. The van der Waals surface area contributed by atoms with Crippen molar-refractivity contribution in [3.8, 4) is 0 Å². The highest BCUT2D eigenvalue weighted by atomic mass is 32.1. The maximum Gasteiger partial charge on any atom is 0.194 e. The molecule has 17 heavy (non-hydrogen) atoms. The Morgan fingerprint density at radius 1 is 1.59 bits per heavy atom. The van der Waals surface area contributed by atoms with E-state index in [0.717, 1.165) is 29.9 Å². The molecule has 1 fully saturated rings. The van der Waals surface area contributed by atoms with Gasteiger partial charge in [0.05, 0.1) is 11.4 Å². The second-order valence-corrected chi connectivity index (χ2v) is 6.19. The lowest BCUT2D eigenvalue weighted by Gasteiger charge is -2.11. The number of nitrogens with zero attached hydrogens (tertiary/aromatic N) is 2. The van der Waals surface area contributed by atoms with Crippen molar-refractivity contribution in [3.63, 3.8) is 0 Å². The van der Waals surface area contributed by atoms with Gasteiger partial charge in [0.25, 0.3) is 0 Å². The summed E-state index contributed by atoms with van der Waals surface area (Å²) in [4.78, 5) is 0. The van der Waals surface area contributed by atoms with Crippen LogP contribution in [-0.4, -0.2) is 21.4 Å². The van der Waals surface area contributed by atoms with Crippen LogP contribution in [0.2, 0.25) is 0 Å². The fourth-order valence-electron chi connectivity index (χ4n) is 3.49. The molecule has 0 bridgehead atoms. The van der Waals surface area contributed by atoms with Gasteiger partial charge in [0.2, 0.25) is 0 Å². The van der Waals surface area contributed by atoms with Gasteiger partial charge in [0, 0.05) is 12.1 Å². The minimum absolute atomic E-state index is 0.478.